The minimum absolute atomic E-state index is 0. The average Bonchev–Trinajstić information content (AvgIpc) is 2.75. The smallest absolute Gasteiger partial charge is 0.171 e. The molecule has 0 radical (unpaired) electrons. The number of aromatic hydroxyl groups is 1. The van der Waals surface area contributed by atoms with Gasteiger partial charge in [-0.3, -0.25) is 4.79 Å². The molecule has 0 saturated heterocycles. The lowest BCUT2D eigenvalue weighted by Crippen LogP contribution is -3.00. The Labute approximate surface area is 191 Å². The molecule has 0 atom stereocenters. The van der Waals surface area contributed by atoms with Crippen LogP contribution in [0.25, 0.3) is 0 Å². The fourth-order valence-electron chi connectivity index (χ4n) is 3.26. The summed E-state index contributed by atoms with van der Waals surface area (Å²) in [7, 11) is 0. The molecule has 1 N–H and O–H groups in total. The number of halogens is 1. The van der Waals surface area contributed by atoms with Gasteiger partial charge in [0.05, 0.1) is 16.9 Å². The van der Waals surface area contributed by atoms with Crippen LogP contribution in [0.2, 0.25) is 0 Å². The highest BCUT2D eigenvalue weighted by atomic mass is 79.9. The van der Waals surface area contributed by atoms with Gasteiger partial charge in [-0.05, 0) is 24.6 Å². The summed E-state index contributed by atoms with van der Waals surface area (Å²) in [6.45, 7) is 3.28. The molecule has 30 heavy (non-hydrogen) atoms. The van der Waals surface area contributed by atoms with Gasteiger partial charge in [0.1, 0.15) is 12.3 Å². The SMILES string of the molecule is CCCCCCCCCCCC[n+]1ccc(N=Nc2ccc(O)c(C=O)c2)cc1.[Br-]. The first-order valence-corrected chi connectivity index (χ1v) is 10.9. The first-order valence-electron chi connectivity index (χ1n) is 10.9. The lowest BCUT2D eigenvalue weighted by molar-refractivity contribution is -0.697. The molecular formula is C24H34BrN3O2. The van der Waals surface area contributed by atoms with Gasteiger partial charge >= 0.3 is 0 Å². The van der Waals surface area contributed by atoms with E-state index < -0.39 is 0 Å². The molecule has 1 aromatic heterocycles. The van der Waals surface area contributed by atoms with E-state index in [4.69, 9.17) is 0 Å². The Morgan fingerprint density at radius 1 is 0.833 bits per heavy atom. The van der Waals surface area contributed by atoms with Crippen LogP contribution in [0.15, 0.2) is 53.0 Å². The number of pyridine rings is 1. The molecule has 0 aliphatic heterocycles. The van der Waals surface area contributed by atoms with E-state index in [-0.39, 0.29) is 28.3 Å². The van der Waals surface area contributed by atoms with Crippen molar-refractivity contribution in [2.75, 3.05) is 0 Å². The summed E-state index contributed by atoms with van der Waals surface area (Å²) >= 11 is 0. The zero-order chi connectivity index (χ0) is 20.7. The van der Waals surface area contributed by atoms with Gasteiger partial charge in [-0.2, -0.15) is 10.2 Å². The largest absolute Gasteiger partial charge is 1.00 e. The number of aldehydes is 1. The predicted octanol–water partition coefficient (Wildman–Crippen LogP) is 3.83. The molecule has 0 saturated carbocycles. The Morgan fingerprint density at radius 3 is 2.00 bits per heavy atom. The Balaban J connectivity index is 0.00000450. The van der Waals surface area contributed by atoms with Crippen molar-refractivity contribution in [1.82, 2.24) is 0 Å². The van der Waals surface area contributed by atoms with Crippen LogP contribution in [-0.4, -0.2) is 11.4 Å². The standard InChI is InChI=1S/C24H33N3O2.BrH/c1-2-3-4-5-6-7-8-9-10-11-16-27-17-14-22(15-18-27)25-26-23-12-13-24(29)21(19-23)20-28;/h12-15,17-20H,2-11,16H2,1H3;1H. The van der Waals surface area contributed by atoms with E-state index in [1.807, 2.05) is 24.5 Å². The van der Waals surface area contributed by atoms with Crippen LogP contribution in [0.4, 0.5) is 11.4 Å². The number of carbonyl (C=O) groups excluding carboxylic acids is 1. The number of aromatic nitrogens is 1. The van der Waals surface area contributed by atoms with E-state index in [0.717, 1.165) is 12.2 Å². The average molecular weight is 476 g/mol. The minimum atomic E-state index is -0.0494. The number of hydrogen-bond acceptors (Lipinski definition) is 4. The summed E-state index contributed by atoms with van der Waals surface area (Å²) in [6, 6.07) is 8.45. The summed E-state index contributed by atoms with van der Waals surface area (Å²) in [5, 5.41) is 17.8. The summed E-state index contributed by atoms with van der Waals surface area (Å²) < 4.78 is 2.18. The second kappa shape index (κ2) is 15.7. The molecule has 0 bridgehead atoms. The third-order valence-corrected chi connectivity index (χ3v) is 5.06. The van der Waals surface area contributed by atoms with E-state index in [1.165, 1.54) is 76.3 Å². The molecule has 0 amide bonds. The summed E-state index contributed by atoms with van der Waals surface area (Å²) in [6.07, 6.45) is 18.1. The Kier molecular flexibility index (Phi) is 13.6. The second-order valence-corrected chi connectivity index (χ2v) is 7.54. The molecule has 1 heterocycles. The molecule has 0 fully saturated rings. The third kappa shape index (κ3) is 10.1. The zero-order valence-corrected chi connectivity index (χ0v) is 19.6. The molecule has 0 aliphatic rings. The van der Waals surface area contributed by atoms with Crippen LogP contribution in [0.5, 0.6) is 5.75 Å². The van der Waals surface area contributed by atoms with Crippen LogP contribution in [-0.2, 0) is 6.54 Å². The zero-order valence-electron chi connectivity index (χ0n) is 18.0. The van der Waals surface area contributed by atoms with Crippen molar-refractivity contribution >= 4 is 17.7 Å². The number of carbonyl (C=O) groups is 1. The van der Waals surface area contributed by atoms with Crippen molar-refractivity contribution < 1.29 is 31.4 Å². The normalized spacial score (nSPS) is 10.8. The molecule has 164 valence electrons. The van der Waals surface area contributed by atoms with Crippen LogP contribution >= 0.6 is 0 Å². The van der Waals surface area contributed by atoms with Crippen molar-refractivity contribution in [3.8, 4) is 5.75 Å². The lowest BCUT2D eigenvalue weighted by Gasteiger charge is -2.01. The van der Waals surface area contributed by atoms with E-state index >= 15 is 0 Å². The monoisotopic (exact) mass is 475 g/mol. The van der Waals surface area contributed by atoms with Gasteiger partial charge < -0.3 is 22.1 Å². The van der Waals surface area contributed by atoms with Crippen LogP contribution < -0.4 is 21.5 Å². The van der Waals surface area contributed by atoms with Gasteiger partial charge in [0.15, 0.2) is 18.7 Å². The molecule has 0 unspecified atom stereocenters. The number of phenolic OH excluding ortho intramolecular Hbond substituents is 1. The highest BCUT2D eigenvalue weighted by Gasteiger charge is 2.03. The first-order chi connectivity index (χ1) is 14.2. The quantitative estimate of drug-likeness (QED) is 0.195. The number of aryl methyl sites for hydroxylation is 1. The highest BCUT2D eigenvalue weighted by Crippen LogP contribution is 2.23. The van der Waals surface area contributed by atoms with Crippen LogP contribution in [0, 0.1) is 0 Å². The molecule has 2 rings (SSSR count). The molecular weight excluding hydrogens is 442 g/mol. The number of benzene rings is 1. The Morgan fingerprint density at radius 2 is 1.40 bits per heavy atom. The van der Waals surface area contributed by atoms with Crippen LogP contribution in [0.1, 0.15) is 81.5 Å². The van der Waals surface area contributed by atoms with Gasteiger partial charge in [0, 0.05) is 18.6 Å². The van der Waals surface area contributed by atoms with Crippen molar-refractivity contribution in [3.05, 3.63) is 48.3 Å². The van der Waals surface area contributed by atoms with E-state index in [2.05, 4.69) is 21.7 Å². The maximum absolute atomic E-state index is 10.9. The number of phenols is 1. The fourth-order valence-corrected chi connectivity index (χ4v) is 3.26. The van der Waals surface area contributed by atoms with Crippen molar-refractivity contribution in [2.24, 2.45) is 10.2 Å². The van der Waals surface area contributed by atoms with Crippen LogP contribution in [0.3, 0.4) is 0 Å². The summed E-state index contributed by atoms with van der Waals surface area (Å²) in [5.41, 5.74) is 1.50. The third-order valence-electron chi connectivity index (χ3n) is 5.06. The van der Waals surface area contributed by atoms with Gasteiger partial charge in [0.2, 0.25) is 0 Å². The molecule has 1 aromatic carbocycles. The summed E-state index contributed by atoms with van der Waals surface area (Å²) in [4.78, 5) is 10.9. The van der Waals surface area contributed by atoms with Gasteiger partial charge in [-0.25, -0.2) is 4.57 Å². The molecule has 5 nitrogen and oxygen atoms in total. The van der Waals surface area contributed by atoms with E-state index in [1.54, 1.807) is 6.07 Å². The number of unbranched alkanes of at least 4 members (excludes halogenated alkanes) is 9. The first kappa shape index (κ1) is 26.0. The second-order valence-electron chi connectivity index (χ2n) is 7.54. The van der Waals surface area contributed by atoms with Crippen molar-refractivity contribution in [2.45, 2.75) is 77.7 Å². The Hall–Kier alpha value is -2.08. The number of nitrogens with zero attached hydrogens (tertiary/aromatic N) is 3. The molecule has 0 aliphatic carbocycles. The molecule has 2 aromatic rings. The fraction of sp³-hybridized carbons (Fsp3) is 0.500. The molecule has 6 heteroatoms. The van der Waals surface area contributed by atoms with Crippen molar-refractivity contribution in [3.63, 3.8) is 0 Å². The van der Waals surface area contributed by atoms with E-state index in [9.17, 15) is 9.90 Å². The predicted molar refractivity (Wildman–Crippen MR) is 116 cm³/mol. The topological polar surface area (TPSA) is 65.9 Å². The van der Waals surface area contributed by atoms with Crippen molar-refractivity contribution in [1.29, 1.82) is 0 Å². The summed E-state index contributed by atoms with van der Waals surface area (Å²) in [5.74, 6) is -0.0494. The van der Waals surface area contributed by atoms with Gasteiger partial charge in [-0.15, -0.1) is 0 Å². The van der Waals surface area contributed by atoms with Gasteiger partial charge in [-0.1, -0.05) is 58.3 Å². The van der Waals surface area contributed by atoms with E-state index in [0.29, 0.717) is 12.0 Å². The maximum atomic E-state index is 10.9. The number of rotatable bonds is 14. The maximum Gasteiger partial charge on any atom is 0.171 e. The molecule has 0 spiro atoms. The highest BCUT2D eigenvalue weighted by molar-refractivity contribution is 5.80. The minimum Gasteiger partial charge on any atom is -1.00 e. The number of azo groups is 1. The van der Waals surface area contributed by atoms with Gasteiger partial charge in [0.25, 0.3) is 0 Å². The Bertz CT molecular complexity index is 764. The lowest BCUT2D eigenvalue weighted by atomic mass is 10.1. The number of hydrogen-bond donors (Lipinski definition) is 1.